The van der Waals surface area contributed by atoms with Crippen LogP contribution in [0.15, 0.2) is 60.7 Å². The van der Waals surface area contributed by atoms with Gasteiger partial charge in [-0.05, 0) is 90.7 Å². The number of hydrogen-bond donors (Lipinski definition) is 0. The van der Waals surface area contributed by atoms with Crippen molar-refractivity contribution in [1.82, 2.24) is 0 Å². The number of esters is 1. The first kappa shape index (κ1) is 42.3. The van der Waals surface area contributed by atoms with E-state index in [0.717, 1.165) is 66.5 Å². The minimum atomic E-state index is -0.194. The van der Waals surface area contributed by atoms with Gasteiger partial charge in [-0.3, -0.25) is 4.79 Å². The van der Waals surface area contributed by atoms with Crippen LogP contribution in [-0.2, 0) is 9.53 Å². The third-order valence-electron chi connectivity index (χ3n) is 15.3. The number of fused-ring (bicyclic) bond motifs is 5. The third-order valence-corrected chi connectivity index (χ3v) is 15.3. The van der Waals surface area contributed by atoms with Gasteiger partial charge in [0.2, 0.25) is 0 Å². The maximum absolute atomic E-state index is 12.6. The molecule has 0 spiro atoms. The summed E-state index contributed by atoms with van der Waals surface area (Å²) in [7, 11) is 1.73. The standard InChI is InChI=1S/C45H66N2O4.2BrH/c1-7-21-46(23-9-10-24-46)27-28-50-41-16-13-34(30-42(41)49-6)29-35-31-40-38-15-14-36-32-37(47(22-8-2)25-11-12-26-47)17-19-44(36,4)39(38)18-20-45(40,5)43(35)51-33(3)48;;/h7-8,13-14,16,29-30,37-40,43H,1-2,9-12,15,17-28,31-32H2,3-6H3;2*1H/q+2;;/p-2/b35-29+;;/t37-,38+,39-,40-,43-,44-,45-;;/m0../s1. The number of benzene rings is 1. The zero-order valence-electron chi connectivity index (χ0n) is 33.1. The van der Waals surface area contributed by atoms with Gasteiger partial charge in [0.05, 0.1) is 52.4 Å². The highest BCUT2D eigenvalue weighted by Crippen LogP contribution is 2.66. The monoisotopic (exact) mass is 856 g/mol. The zero-order valence-corrected chi connectivity index (χ0v) is 36.2. The second kappa shape index (κ2) is 17.1. The van der Waals surface area contributed by atoms with Crippen molar-refractivity contribution in [3.05, 3.63) is 66.3 Å². The van der Waals surface area contributed by atoms with E-state index in [0.29, 0.717) is 24.4 Å². The molecular weight excluding hydrogens is 792 g/mol. The summed E-state index contributed by atoms with van der Waals surface area (Å²) in [4.78, 5) is 12.6. The summed E-state index contributed by atoms with van der Waals surface area (Å²) in [5.74, 6) is 3.18. The number of methoxy groups -OCH3 is 1. The van der Waals surface area contributed by atoms with Crippen molar-refractivity contribution in [2.24, 2.45) is 28.6 Å². The van der Waals surface area contributed by atoms with Crippen molar-refractivity contribution in [3.63, 3.8) is 0 Å². The highest BCUT2D eigenvalue weighted by molar-refractivity contribution is 5.68. The number of allylic oxidation sites excluding steroid dienone is 1. The summed E-state index contributed by atoms with van der Waals surface area (Å²) in [6.07, 6.45) is 22.7. The SMILES string of the molecule is C=CC[N+]1(CCOc2ccc(/C=C3\C[C@H]4[C@@H]5CC=C6C[C@@H]([N+]7(CC=C)CCCC7)CC[C@]6(C)[C@H]5CC[C@]4(C)[C@H]3OC(C)=O)cc2OC)CCCC1.[Br-].[Br-]. The summed E-state index contributed by atoms with van der Waals surface area (Å²) < 4.78 is 20.9. The molecule has 7 atom stereocenters. The number of halogens is 2. The number of likely N-dealkylation sites (tertiary alicyclic amines) is 2. The van der Waals surface area contributed by atoms with Crippen LogP contribution < -0.4 is 43.4 Å². The van der Waals surface area contributed by atoms with Crippen LogP contribution in [0.4, 0.5) is 0 Å². The van der Waals surface area contributed by atoms with Gasteiger partial charge >= 0.3 is 5.97 Å². The molecule has 2 heterocycles. The van der Waals surface area contributed by atoms with Gasteiger partial charge < -0.3 is 57.1 Å². The normalized spacial score (nSPS) is 34.3. The van der Waals surface area contributed by atoms with Crippen molar-refractivity contribution in [1.29, 1.82) is 0 Å². The van der Waals surface area contributed by atoms with Gasteiger partial charge in [0, 0.05) is 50.9 Å². The lowest BCUT2D eigenvalue weighted by Crippen LogP contribution is -3.00. The molecule has 3 saturated carbocycles. The highest BCUT2D eigenvalue weighted by Gasteiger charge is 2.61. The molecule has 8 heteroatoms. The van der Waals surface area contributed by atoms with Gasteiger partial charge in [0.1, 0.15) is 19.3 Å². The summed E-state index contributed by atoms with van der Waals surface area (Å²) in [5.41, 5.74) is 4.32. The lowest BCUT2D eigenvalue weighted by Gasteiger charge is -2.58. The third kappa shape index (κ3) is 7.91. The Balaban J connectivity index is 0.00000271. The summed E-state index contributed by atoms with van der Waals surface area (Å²) in [5, 5.41) is 0. The largest absolute Gasteiger partial charge is 1.00 e. The molecule has 5 fully saturated rings. The summed E-state index contributed by atoms with van der Waals surface area (Å²) >= 11 is 0. The lowest BCUT2D eigenvalue weighted by molar-refractivity contribution is -0.936. The summed E-state index contributed by atoms with van der Waals surface area (Å²) in [6, 6.07) is 7.05. The lowest BCUT2D eigenvalue weighted by atomic mass is 9.47. The van der Waals surface area contributed by atoms with E-state index >= 15 is 0 Å². The van der Waals surface area contributed by atoms with Crippen LogP contribution in [0.3, 0.4) is 0 Å². The van der Waals surface area contributed by atoms with E-state index in [9.17, 15) is 4.79 Å². The molecule has 53 heavy (non-hydrogen) atoms. The van der Waals surface area contributed by atoms with E-state index in [2.05, 4.69) is 69.5 Å². The quantitative estimate of drug-likeness (QED) is 0.185. The number of rotatable bonds is 12. The first-order valence-corrected chi connectivity index (χ1v) is 20.4. The van der Waals surface area contributed by atoms with E-state index in [1.165, 1.54) is 87.6 Å². The Bertz CT molecular complexity index is 1540. The fourth-order valence-corrected chi connectivity index (χ4v) is 12.6. The van der Waals surface area contributed by atoms with Crippen LogP contribution in [0.25, 0.3) is 6.08 Å². The fraction of sp³-hybridized carbons (Fsp3) is 0.667. The minimum absolute atomic E-state index is 0. The van der Waals surface area contributed by atoms with Crippen molar-refractivity contribution in [2.75, 3.05) is 59.5 Å². The molecule has 6 nitrogen and oxygen atoms in total. The van der Waals surface area contributed by atoms with Gasteiger partial charge in [0.15, 0.2) is 11.5 Å². The second-order valence-electron chi connectivity index (χ2n) is 17.9. The molecule has 7 rings (SSSR count). The van der Waals surface area contributed by atoms with Gasteiger partial charge in [-0.1, -0.05) is 50.8 Å². The van der Waals surface area contributed by atoms with E-state index in [1.54, 1.807) is 19.6 Å². The molecule has 1 aromatic carbocycles. The number of nitrogens with zero attached hydrogens (tertiary/aromatic N) is 2. The zero-order chi connectivity index (χ0) is 35.9. The highest BCUT2D eigenvalue weighted by atomic mass is 79.9. The smallest absolute Gasteiger partial charge is 0.303 e. The fourth-order valence-electron chi connectivity index (χ4n) is 12.6. The molecule has 0 aromatic heterocycles. The number of hydrogen-bond acceptors (Lipinski definition) is 4. The predicted molar refractivity (Wildman–Crippen MR) is 206 cm³/mol. The van der Waals surface area contributed by atoms with Crippen LogP contribution in [-0.4, -0.2) is 86.6 Å². The van der Waals surface area contributed by atoms with E-state index in [4.69, 9.17) is 14.2 Å². The minimum Gasteiger partial charge on any atom is -1.00 e. The predicted octanol–water partition coefficient (Wildman–Crippen LogP) is 2.93. The van der Waals surface area contributed by atoms with Gasteiger partial charge in [-0.15, -0.1) is 0 Å². The number of ether oxygens (including phenoxy) is 3. The first-order valence-electron chi connectivity index (χ1n) is 20.4. The van der Waals surface area contributed by atoms with Gasteiger partial charge in [-0.2, -0.15) is 0 Å². The first-order chi connectivity index (χ1) is 24.6. The van der Waals surface area contributed by atoms with Crippen molar-refractivity contribution in [3.8, 4) is 11.5 Å². The second-order valence-corrected chi connectivity index (χ2v) is 17.9. The molecule has 6 aliphatic rings. The molecule has 0 radical (unpaired) electrons. The van der Waals surface area contributed by atoms with Crippen LogP contribution in [0.2, 0.25) is 0 Å². The van der Waals surface area contributed by atoms with Crippen molar-refractivity contribution in [2.45, 2.75) is 104 Å². The number of carbonyl (C=O) groups excluding carboxylic acids is 1. The summed E-state index contributed by atoms with van der Waals surface area (Å²) in [6.45, 7) is 23.7. The molecule has 0 amide bonds. The number of quaternary nitrogens is 2. The Kier molecular flexibility index (Phi) is 13.6. The maximum Gasteiger partial charge on any atom is 0.303 e. The van der Waals surface area contributed by atoms with Crippen LogP contribution in [0, 0.1) is 28.6 Å². The van der Waals surface area contributed by atoms with Gasteiger partial charge in [0.25, 0.3) is 0 Å². The van der Waals surface area contributed by atoms with Gasteiger partial charge in [-0.25, -0.2) is 0 Å². The van der Waals surface area contributed by atoms with Crippen LogP contribution in [0.1, 0.15) is 97.0 Å². The Hall–Kier alpha value is -1.87. The number of carbonyl (C=O) groups is 1. The van der Waals surface area contributed by atoms with Crippen molar-refractivity contribution >= 4 is 12.0 Å². The Labute approximate surface area is 341 Å². The van der Waals surface area contributed by atoms with E-state index in [-0.39, 0.29) is 56.9 Å². The van der Waals surface area contributed by atoms with E-state index in [1.807, 2.05) is 0 Å². The molecule has 0 N–H and O–H groups in total. The average Bonchev–Trinajstić information content (AvgIpc) is 3.84. The van der Waals surface area contributed by atoms with E-state index < -0.39 is 0 Å². The molecule has 2 aliphatic heterocycles. The van der Waals surface area contributed by atoms with Crippen molar-refractivity contribution < 1.29 is 61.9 Å². The Morgan fingerprint density at radius 3 is 2.32 bits per heavy atom. The Morgan fingerprint density at radius 1 is 0.925 bits per heavy atom. The molecule has 294 valence electrons. The molecule has 4 aliphatic carbocycles. The molecule has 0 bridgehead atoms. The topological polar surface area (TPSA) is 44.8 Å². The molecule has 0 unspecified atom stereocenters. The molecular formula is C45H66Br2N2O4. The van der Waals surface area contributed by atoms with Crippen LogP contribution in [0.5, 0.6) is 11.5 Å². The molecule has 1 aromatic rings. The average molecular weight is 859 g/mol. The Morgan fingerprint density at radius 2 is 1.64 bits per heavy atom. The molecule has 2 saturated heterocycles. The van der Waals surface area contributed by atoms with Crippen LogP contribution >= 0.6 is 0 Å². The maximum atomic E-state index is 12.6.